The zero-order valence-corrected chi connectivity index (χ0v) is 12.2. The molecule has 22 heavy (non-hydrogen) atoms. The van der Waals surface area contributed by atoms with Crippen LogP contribution >= 0.6 is 0 Å². The molecule has 0 saturated carbocycles. The Balaban J connectivity index is 1.91. The number of benzene rings is 1. The second-order valence-electron chi connectivity index (χ2n) is 4.86. The highest BCUT2D eigenvalue weighted by atomic mass is 32.2. The molecule has 116 valence electrons. The third kappa shape index (κ3) is 2.46. The zero-order chi connectivity index (χ0) is 15.7. The van der Waals surface area contributed by atoms with Gasteiger partial charge in [-0.15, -0.1) is 5.10 Å². The van der Waals surface area contributed by atoms with Crippen LogP contribution in [0.5, 0.6) is 0 Å². The van der Waals surface area contributed by atoms with Gasteiger partial charge in [-0.1, -0.05) is 0 Å². The Morgan fingerprint density at radius 3 is 2.59 bits per heavy atom. The Hall–Kier alpha value is -2.33. The first-order valence-corrected chi connectivity index (χ1v) is 8.02. The minimum Gasteiger partial charge on any atom is -0.480 e. The van der Waals surface area contributed by atoms with Crippen molar-refractivity contribution in [3.63, 3.8) is 0 Å². The summed E-state index contributed by atoms with van der Waals surface area (Å²) in [4.78, 5) is 11.2. The Morgan fingerprint density at radius 2 is 2.00 bits per heavy atom. The highest BCUT2D eigenvalue weighted by Gasteiger charge is 2.39. The predicted molar refractivity (Wildman–Crippen MR) is 73.7 cm³/mol. The van der Waals surface area contributed by atoms with Crippen LogP contribution in [0.3, 0.4) is 0 Å². The first-order chi connectivity index (χ1) is 10.5. The van der Waals surface area contributed by atoms with E-state index in [2.05, 4.69) is 15.5 Å². The molecule has 0 spiro atoms. The molecule has 1 N–H and O–H groups in total. The lowest BCUT2D eigenvalue weighted by atomic mass is 10.2. The van der Waals surface area contributed by atoms with Gasteiger partial charge in [0.1, 0.15) is 12.4 Å². The average molecular weight is 323 g/mol. The third-order valence-electron chi connectivity index (χ3n) is 3.55. The number of tetrazole rings is 1. The van der Waals surface area contributed by atoms with Crippen molar-refractivity contribution in [1.82, 2.24) is 24.5 Å². The van der Waals surface area contributed by atoms with E-state index in [0.29, 0.717) is 18.5 Å². The van der Waals surface area contributed by atoms with Gasteiger partial charge in [0, 0.05) is 6.54 Å². The lowest BCUT2D eigenvalue weighted by molar-refractivity contribution is -0.140. The van der Waals surface area contributed by atoms with Gasteiger partial charge in [-0.05, 0) is 47.5 Å². The molecule has 1 saturated heterocycles. The maximum Gasteiger partial charge on any atom is 0.322 e. The smallest absolute Gasteiger partial charge is 0.322 e. The summed E-state index contributed by atoms with van der Waals surface area (Å²) in [6, 6.07) is 4.97. The normalized spacial score (nSPS) is 19.4. The summed E-state index contributed by atoms with van der Waals surface area (Å²) in [5, 5.41) is 19.8. The topological polar surface area (TPSA) is 118 Å². The van der Waals surface area contributed by atoms with Crippen molar-refractivity contribution < 1.29 is 18.3 Å². The van der Waals surface area contributed by atoms with Gasteiger partial charge in [0.05, 0.1) is 10.6 Å². The fraction of sp³-hybridized carbons (Fsp3) is 0.333. The first-order valence-electron chi connectivity index (χ1n) is 6.58. The molecule has 0 amide bonds. The van der Waals surface area contributed by atoms with Crippen LogP contribution in [-0.2, 0) is 14.8 Å². The van der Waals surface area contributed by atoms with Crippen LogP contribution in [-0.4, -0.2) is 56.6 Å². The van der Waals surface area contributed by atoms with E-state index in [1.807, 2.05) is 0 Å². The lowest BCUT2D eigenvalue weighted by Gasteiger charge is -2.21. The fourth-order valence-corrected chi connectivity index (χ4v) is 4.11. The van der Waals surface area contributed by atoms with Crippen LogP contribution in [0.25, 0.3) is 5.69 Å². The molecule has 1 fully saturated rings. The summed E-state index contributed by atoms with van der Waals surface area (Å²) in [5.74, 6) is -1.12. The number of hydrogen-bond donors (Lipinski definition) is 1. The van der Waals surface area contributed by atoms with Crippen molar-refractivity contribution in [2.45, 2.75) is 23.8 Å². The maximum absolute atomic E-state index is 12.6. The van der Waals surface area contributed by atoms with Gasteiger partial charge in [-0.25, -0.2) is 13.1 Å². The van der Waals surface area contributed by atoms with E-state index < -0.39 is 22.0 Å². The molecule has 0 unspecified atom stereocenters. The minimum atomic E-state index is -3.83. The van der Waals surface area contributed by atoms with Gasteiger partial charge >= 0.3 is 5.97 Å². The number of aliphatic carboxylic acids is 1. The molecule has 9 nitrogen and oxygen atoms in total. The molecule has 10 heteroatoms. The summed E-state index contributed by atoms with van der Waals surface area (Å²) in [6.45, 7) is 0.216. The monoisotopic (exact) mass is 323 g/mol. The van der Waals surface area contributed by atoms with E-state index in [0.717, 1.165) is 4.31 Å². The molecular weight excluding hydrogens is 310 g/mol. The molecule has 1 aromatic carbocycles. The second kappa shape index (κ2) is 5.46. The number of carboxylic acids is 1. The molecular formula is C12H13N5O4S. The standard InChI is InChI=1S/C12H13N5O4S/c18-12(19)11-2-1-7-17(11)22(20,21)10-5-3-9(4-6-10)16-8-13-14-15-16/h3-6,8,11H,1-2,7H2,(H,18,19)/t11-/m0/s1. The summed E-state index contributed by atoms with van der Waals surface area (Å²) in [5.41, 5.74) is 0.611. The first kappa shape index (κ1) is 14.6. The van der Waals surface area contributed by atoms with Gasteiger partial charge in [0.25, 0.3) is 0 Å². The van der Waals surface area contributed by atoms with E-state index in [1.165, 1.54) is 23.1 Å². The van der Waals surface area contributed by atoms with Crippen molar-refractivity contribution in [1.29, 1.82) is 0 Å². The van der Waals surface area contributed by atoms with Crippen LogP contribution < -0.4 is 0 Å². The molecule has 0 radical (unpaired) electrons. The van der Waals surface area contributed by atoms with Gasteiger partial charge in [0.15, 0.2) is 0 Å². The third-order valence-corrected chi connectivity index (χ3v) is 5.47. The molecule has 1 aromatic heterocycles. The van der Waals surface area contributed by atoms with Gasteiger partial charge in [0.2, 0.25) is 10.0 Å². The molecule has 1 aliphatic rings. The Morgan fingerprint density at radius 1 is 1.27 bits per heavy atom. The van der Waals surface area contributed by atoms with Crippen LogP contribution in [0, 0.1) is 0 Å². The summed E-state index contributed by atoms with van der Waals surface area (Å²) in [7, 11) is -3.83. The average Bonchev–Trinajstić information content (AvgIpc) is 3.19. The summed E-state index contributed by atoms with van der Waals surface area (Å²) < 4.78 is 27.6. The van der Waals surface area contributed by atoms with E-state index in [9.17, 15) is 13.2 Å². The van der Waals surface area contributed by atoms with Crippen LogP contribution in [0.1, 0.15) is 12.8 Å². The highest BCUT2D eigenvalue weighted by Crippen LogP contribution is 2.26. The van der Waals surface area contributed by atoms with E-state index in [1.54, 1.807) is 12.1 Å². The number of sulfonamides is 1. The molecule has 1 aliphatic heterocycles. The maximum atomic E-state index is 12.6. The quantitative estimate of drug-likeness (QED) is 0.834. The molecule has 2 heterocycles. The number of carboxylic acid groups (broad SMARTS) is 1. The van der Waals surface area contributed by atoms with Crippen molar-refractivity contribution in [3.05, 3.63) is 30.6 Å². The summed E-state index contributed by atoms with van der Waals surface area (Å²) >= 11 is 0. The van der Waals surface area contributed by atoms with Gasteiger partial charge in [-0.3, -0.25) is 4.79 Å². The molecule has 2 aromatic rings. The molecule has 3 rings (SSSR count). The Bertz CT molecular complexity index is 772. The van der Waals surface area contributed by atoms with Crippen molar-refractivity contribution in [3.8, 4) is 5.69 Å². The Labute approximate surface area is 126 Å². The predicted octanol–water partition coefficient (Wildman–Crippen LogP) is -0.100. The van der Waals surface area contributed by atoms with E-state index in [4.69, 9.17) is 5.11 Å². The van der Waals surface area contributed by atoms with Crippen LogP contribution in [0.4, 0.5) is 0 Å². The number of nitrogens with zero attached hydrogens (tertiary/aromatic N) is 5. The van der Waals surface area contributed by atoms with E-state index in [-0.39, 0.29) is 11.4 Å². The van der Waals surface area contributed by atoms with Gasteiger partial charge < -0.3 is 5.11 Å². The SMILES string of the molecule is O=C(O)[C@@H]1CCCN1S(=O)(=O)c1ccc(-n2cnnn2)cc1. The fourth-order valence-electron chi connectivity index (χ4n) is 2.46. The van der Waals surface area contributed by atoms with Crippen LogP contribution in [0.2, 0.25) is 0 Å². The second-order valence-corrected chi connectivity index (χ2v) is 6.75. The largest absolute Gasteiger partial charge is 0.480 e. The van der Waals surface area contributed by atoms with Crippen molar-refractivity contribution in [2.24, 2.45) is 0 Å². The minimum absolute atomic E-state index is 0.0532. The lowest BCUT2D eigenvalue weighted by Crippen LogP contribution is -2.40. The summed E-state index contributed by atoms with van der Waals surface area (Å²) in [6.07, 6.45) is 2.26. The Kier molecular flexibility index (Phi) is 3.62. The number of carbonyl (C=O) groups is 1. The molecule has 0 aliphatic carbocycles. The molecule has 1 atom stereocenters. The van der Waals surface area contributed by atoms with E-state index >= 15 is 0 Å². The van der Waals surface area contributed by atoms with Crippen molar-refractivity contribution in [2.75, 3.05) is 6.54 Å². The number of aromatic nitrogens is 4. The zero-order valence-electron chi connectivity index (χ0n) is 11.4. The van der Waals surface area contributed by atoms with Crippen molar-refractivity contribution >= 4 is 16.0 Å². The molecule has 0 bridgehead atoms. The number of rotatable bonds is 4. The highest BCUT2D eigenvalue weighted by molar-refractivity contribution is 7.89. The van der Waals surface area contributed by atoms with Gasteiger partial charge in [-0.2, -0.15) is 4.31 Å². The van der Waals surface area contributed by atoms with Crippen LogP contribution in [0.15, 0.2) is 35.5 Å². The number of hydrogen-bond acceptors (Lipinski definition) is 6.